The zero-order valence-corrected chi connectivity index (χ0v) is 20.9. The average molecular weight is 428 g/mol. The van der Waals surface area contributed by atoms with Crippen molar-refractivity contribution < 1.29 is 0 Å². The van der Waals surface area contributed by atoms with Crippen molar-refractivity contribution in [2.75, 3.05) is 6.54 Å². The minimum Gasteiger partial charge on any atom is -0.252 e. The van der Waals surface area contributed by atoms with Crippen LogP contribution >= 0.6 is 16.1 Å². The maximum Gasteiger partial charge on any atom is 0.0318 e. The second-order valence-corrected chi connectivity index (χ2v) is 13.7. The second kappa shape index (κ2) is 11.0. The first-order valence-corrected chi connectivity index (χ1v) is 14.3. The van der Waals surface area contributed by atoms with Crippen molar-refractivity contribution in [3.8, 4) is 0 Å². The molecule has 29 heavy (non-hydrogen) atoms. The van der Waals surface area contributed by atoms with E-state index in [9.17, 15) is 0 Å². The third-order valence-corrected chi connectivity index (χ3v) is 13.2. The molecule has 3 heteroatoms. The van der Waals surface area contributed by atoms with Crippen molar-refractivity contribution in [1.82, 2.24) is 4.44 Å². The van der Waals surface area contributed by atoms with Gasteiger partial charge < -0.3 is 0 Å². The molecule has 1 saturated heterocycles. The van der Waals surface area contributed by atoms with Crippen LogP contribution in [0.5, 0.6) is 0 Å². The monoisotopic (exact) mass is 427 g/mol. The van der Waals surface area contributed by atoms with Gasteiger partial charge in [-0.1, -0.05) is 86.8 Å². The minimum absolute atomic E-state index is 0.0870. The van der Waals surface area contributed by atoms with Crippen LogP contribution in [0.3, 0.4) is 0 Å². The molecule has 0 bridgehead atoms. The van der Waals surface area contributed by atoms with Crippen LogP contribution in [0.15, 0.2) is 48.5 Å². The van der Waals surface area contributed by atoms with Gasteiger partial charge in [0.1, 0.15) is 0 Å². The number of unbranched alkanes of at least 4 members (excludes halogenated alkanes) is 1. The van der Waals surface area contributed by atoms with Crippen LogP contribution in [0.25, 0.3) is 0 Å². The highest BCUT2D eigenvalue weighted by Crippen LogP contribution is 2.67. The molecule has 0 N–H and O–H groups in total. The predicted molar refractivity (Wildman–Crippen MR) is 134 cm³/mol. The van der Waals surface area contributed by atoms with Crippen LogP contribution in [0.2, 0.25) is 0 Å². The molecule has 1 aliphatic heterocycles. The van der Waals surface area contributed by atoms with Crippen LogP contribution < -0.4 is 10.6 Å². The fourth-order valence-corrected chi connectivity index (χ4v) is 12.2. The first-order valence-electron chi connectivity index (χ1n) is 11.6. The number of nitrogens with zero attached hydrogens (tertiary/aromatic N) is 1. The summed E-state index contributed by atoms with van der Waals surface area (Å²) in [5, 5.41) is 3.06. The fourth-order valence-electron chi connectivity index (χ4n) is 4.51. The lowest BCUT2D eigenvalue weighted by atomic mass is 10.1. The molecule has 1 fully saturated rings. The number of benzene rings is 2. The molecule has 0 unspecified atom stereocenters. The van der Waals surface area contributed by atoms with Gasteiger partial charge in [0, 0.05) is 14.6 Å². The molecule has 0 spiro atoms. The maximum absolute atomic E-state index is 3.04. The van der Waals surface area contributed by atoms with Gasteiger partial charge in [0.25, 0.3) is 0 Å². The van der Waals surface area contributed by atoms with E-state index in [1.807, 2.05) is 0 Å². The van der Waals surface area contributed by atoms with E-state index in [2.05, 4.69) is 87.6 Å². The summed E-state index contributed by atoms with van der Waals surface area (Å²) >= 11 is 0. The minimum atomic E-state index is -0.464. The van der Waals surface area contributed by atoms with E-state index in [4.69, 9.17) is 0 Å². The van der Waals surface area contributed by atoms with Gasteiger partial charge in [0.05, 0.1) is 0 Å². The Morgan fingerprint density at radius 1 is 0.793 bits per heavy atom. The lowest BCUT2D eigenvalue weighted by Gasteiger charge is -2.42. The summed E-state index contributed by atoms with van der Waals surface area (Å²) in [6, 6.07) is 18.9. The van der Waals surface area contributed by atoms with Crippen LogP contribution in [-0.4, -0.2) is 22.3 Å². The zero-order valence-electron chi connectivity index (χ0n) is 19.1. The van der Waals surface area contributed by atoms with E-state index in [0.29, 0.717) is 0 Å². The summed E-state index contributed by atoms with van der Waals surface area (Å²) < 4.78 is 3.04. The molecule has 0 amide bonds. The maximum atomic E-state index is 3.04. The Hall–Kier alpha value is -0.740. The number of rotatable bonds is 9. The Morgan fingerprint density at radius 2 is 1.24 bits per heavy atom. The van der Waals surface area contributed by atoms with E-state index in [1.165, 1.54) is 66.8 Å². The Balaban J connectivity index is 2.08. The van der Waals surface area contributed by atoms with Crippen molar-refractivity contribution in [3.63, 3.8) is 0 Å². The van der Waals surface area contributed by atoms with Gasteiger partial charge in [-0.25, -0.2) is 0 Å². The van der Waals surface area contributed by atoms with Crippen LogP contribution in [0, 0.1) is 13.8 Å². The summed E-state index contributed by atoms with van der Waals surface area (Å²) in [6.07, 6.45) is 8.15. The van der Waals surface area contributed by atoms with Gasteiger partial charge in [-0.15, -0.1) is 0 Å². The standard InChI is InChI=1S/C26H39NP2/c1-6-9-20-27(28-23(7-2)18-19-24(28)8-3)29(25-14-10-21(4)11-15-25)26-16-12-22(5)13-17-26/h10-17,23-24H,6-9,18-20H2,1-5H3/t23-,24-/m1/s1. The molecular formula is C26H39NP2. The zero-order chi connectivity index (χ0) is 20.8. The van der Waals surface area contributed by atoms with Gasteiger partial charge in [-0.3, -0.25) is 4.44 Å². The summed E-state index contributed by atoms with van der Waals surface area (Å²) in [5.74, 6) is 0. The SMILES string of the molecule is CCCCN(P(c1ccc(C)cc1)c1ccc(C)cc1)P1[C@H](CC)CC[C@H]1CC. The highest BCUT2D eigenvalue weighted by molar-refractivity contribution is 7.79. The third-order valence-electron chi connectivity index (χ3n) is 6.29. The quantitative estimate of drug-likeness (QED) is 0.375. The summed E-state index contributed by atoms with van der Waals surface area (Å²) in [4.78, 5) is 0. The molecule has 158 valence electrons. The largest absolute Gasteiger partial charge is 0.252 e. The van der Waals surface area contributed by atoms with E-state index in [-0.39, 0.29) is 8.07 Å². The van der Waals surface area contributed by atoms with Crippen molar-refractivity contribution in [1.29, 1.82) is 0 Å². The first kappa shape index (κ1) is 22.9. The summed E-state index contributed by atoms with van der Waals surface area (Å²) in [7, 11) is -0.551. The molecule has 1 aliphatic rings. The summed E-state index contributed by atoms with van der Waals surface area (Å²) in [5.41, 5.74) is 4.54. The third kappa shape index (κ3) is 5.50. The average Bonchev–Trinajstić information content (AvgIpc) is 3.16. The Kier molecular flexibility index (Phi) is 8.73. The normalized spacial score (nSPS) is 20.1. The molecule has 1 heterocycles. The molecule has 2 aromatic rings. The van der Waals surface area contributed by atoms with Crippen molar-refractivity contribution in [3.05, 3.63) is 59.7 Å². The molecule has 0 saturated carbocycles. The summed E-state index contributed by atoms with van der Waals surface area (Å²) in [6.45, 7) is 12.9. The van der Waals surface area contributed by atoms with Crippen LogP contribution in [0.4, 0.5) is 0 Å². The molecule has 0 radical (unpaired) electrons. The molecule has 2 aromatic carbocycles. The van der Waals surface area contributed by atoms with Gasteiger partial charge in [-0.2, -0.15) is 0 Å². The van der Waals surface area contributed by atoms with Gasteiger partial charge in [0.2, 0.25) is 0 Å². The second-order valence-electron chi connectivity index (χ2n) is 8.51. The smallest absolute Gasteiger partial charge is 0.0318 e. The van der Waals surface area contributed by atoms with Crippen LogP contribution in [-0.2, 0) is 0 Å². The Morgan fingerprint density at radius 3 is 1.62 bits per heavy atom. The highest BCUT2D eigenvalue weighted by atomic mass is 31.2. The van der Waals surface area contributed by atoms with Crippen molar-refractivity contribution in [2.45, 2.75) is 84.5 Å². The number of aryl methyl sites for hydroxylation is 2. The molecule has 2 atom stereocenters. The van der Waals surface area contributed by atoms with E-state index >= 15 is 0 Å². The van der Waals surface area contributed by atoms with Gasteiger partial charge in [-0.05, 0) is 76.0 Å². The Labute approximate surface area is 181 Å². The van der Waals surface area contributed by atoms with Crippen molar-refractivity contribution >= 4 is 26.8 Å². The highest BCUT2D eigenvalue weighted by Gasteiger charge is 2.41. The molecule has 3 rings (SSSR count). The lowest BCUT2D eigenvalue weighted by Crippen LogP contribution is -2.30. The number of hydrogen-bond acceptors (Lipinski definition) is 1. The van der Waals surface area contributed by atoms with E-state index in [0.717, 1.165) is 11.3 Å². The van der Waals surface area contributed by atoms with E-state index in [1.54, 1.807) is 0 Å². The van der Waals surface area contributed by atoms with E-state index < -0.39 is 8.07 Å². The fraction of sp³-hybridized carbons (Fsp3) is 0.538. The van der Waals surface area contributed by atoms with Crippen LogP contribution in [0.1, 0.15) is 70.4 Å². The van der Waals surface area contributed by atoms with Gasteiger partial charge in [0.15, 0.2) is 0 Å². The topological polar surface area (TPSA) is 3.24 Å². The number of hydrogen-bond donors (Lipinski definition) is 0. The predicted octanol–water partition coefficient (Wildman–Crippen LogP) is 7.50. The first-order chi connectivity index (χ1) is 14.1. The molecule has 0 aliphatic carbocycles. The molecule has 0 aromatic heterocycles. The van der Waals surface area contributed by atoms with Crippen molar-refractivity contribution in [2.24, 2.45) is 0 Å². The molecular weight excluding hydrogens is 388 g/mol. The molecule has 1 nitrogen and oxygen atoms in total. The van der Waals surface area contributed by atoms with Gasteiger partial charge >= 0.3 is 0 Å². The lowest BCUT2D eigenvalue weighted by molar-refractivity contribution is 0.627. The Bertz CT molecular complexity index is 683.